The number of methoxy groups -OCH3 is 2. The number of nitrogens with zero attached hydrogens (tertiary/aromatic N) is 3. The first-order chi connectivity index (χ1) is 9.28. The van der Waals surface area contributed by atoms with Gasteiger partial charge in [0.1, 0.15) is 11.5 Å². The van der Waals surface area contributed by atoms with E-state index in [4.69, 9.17) is 14.7 Å². The van der Waals surface area contributed by atoms with Gasteiger partial charge in [-0.3, -0.25) is 5.32 Å². The van der Waals surface area contributed by atoms with E-state index in [-0.39, 0.29) is 0 Å². The molecular weight excluding hydrogens is 244 g/mol. The number of rotatable bonds is 4. The Morgan fingerprint density at radius 3 is 2.53 bits per heavy atom. The maximum absolute atomic E-state index is 8.48. The number of aromatic nitrogens is 2. The molecule has 1 heterocycles. The van der Waals surface area contributed by atoms with Crippen molar-refractivity contribution in [1.29, 1.82) is 5.26 Å². The molecule has 1 N–H and O–H groups in total. The van der Waals surface area contributed by atoms with E-state index in [9.17, 15) is 0 Å². The maximum Gasteiger partial charge on any atom is 0.182 e. The second-order valence-corrected chi connectivity index (χ2v) is 3.61. The molecular formula is C13H12N4O2. The molecule has 0 aliphatic rings. The molecule has 0 saturated carbocycles. The van der Waals surface area contributed by atoms with Crippen molar-refractivity contribution in [3.05, 3.63) is 30.3 Å². The van der Waals surface area contributed by atoms with Gasteiger partial charge in [0.15, 0.2) is 12.0 Å². The van der Waals surface area contributed by atoms with Crippen LogP contribution in [0.1, 0.15) is 0 Å². The molecule has 0 radical (unpaired) electrons. The van der Waals surface area contributed by atoms with Gasteiger partial charge in [-0.25, -0.2) is 0 Å². The Labute approximate surface area is 110 Å². The molecule has 19 heavy (non-hydrogen) atoms. The van der Waals surface area contributed by atoms with Crippen molar-refractivity contribution in [2.75, 3.05) is 19.5 Å². The van der Waals surface area contributed by atoms with E-state index in [1.54, 1.807) is 38.6 Å². The van der Waals surface area contributed by atoms with Crippen molar-refractivity contribution in [2.45, 2.75) is 0 Å². The van der Waals surface area contributed by atoms with E-state index in [2.05, 4.69) is 15.5 Å². The van der Waals surface area contributed by atoms with Gasteiger partial charge in [-0.15, -0.1) is 10.2 Å². The number of ether oxygens (including phenoxy) is 2. The minimum atomic E-state index is 0.402. The topological polar surface area (TPSA) is 80.1 Å². The SMILES string of the molecule is COc1ccc(-c2ccc(NC#N)nn2)c(OC)c1. The summed E-state index contributed by atoms with van der Waals surface area (Å²) in [6, 6.07) is 8.88. The van der Waals surface area contributed by atoms with Crippen molar-refractivity contribution >= 4 is 5.82 Å². The Kier molecular flexibility index (Phi) is 3.78. The van der Waals surface area contributed by atoms with Crippen LogP contribution >= 0.6 is 0 Å². The molecule has 0 bridgehead atoms. The van der Waals surface area contributed by atoms with Crippen molar-refractivity contribution < 1.29 is 9.47 Å². The van der Waals surface area contributed by atoms with Crippen LogP contribution in [-0.4, -0.2) is 24.4 Å². The van der Waals surface area contributed by atoms with E-state index in [1.807, 2.05) is 12.1 Å². The van der Waals surface area contributed by atoms with Gasteiger partial charge in [-0.2, -0.15) is 5.26 Å². The van der Waals surface area contributed by atoms with Crippen molar-refractivity contribution in [1.82, 2.24) is 10.2 Å². The van der Waals surface area contributed by atoms with Crippen LogP contribution in [0.3, 0.4) is 0 Å². The van der Waals surface area contributed by atoms with Crippen molar-refractivity contribution in [3.8, 4) is 28.9 Å². The molecule has 0 amide bonds. The van der Waals surface area contributed by atoms with Gasteiger partial charge >= 0.3 is 0 Å². The second kappa shape index (κ2) is 5.69. The van der Waals surface area contributed by atoms with Gasteiger partial charge in [0, 0.05) is 11.6 Å². The molecule has 1 aromatic carbocycles. The monoisotopic (exact) mass is 256 g/mol. The summed E-state index contributed by atoms with van der Waals surface area (Å²) in [7, 11) is 3.17. The Hall–Kier alpha value is -2.81. The van der Waals surface area contributed by atoms with Crippen LogP contribution in [0.5, 0.6) is 11.5 Å². The summed E-state index contributed by atoms with van der Waals surface area (Å²) < 4.78 is 10.4. The third-order valence-electron chi connectivity index (χ3n) is 2.53. The van der Waals surface area contributed by atoms with Crippen LogP contribution in [0.4, 0.5) is 5.82 Å². The first-order valence-electron chi connectivity index (χ1n) is 5.49. The highest BCUT2D eigenvalue weighted by Crippen LogP contribution is 2.31. The molecule has 0 aliphatic heterocycles. The standard InChI is InChI=1S/C13H12N4O2/c1-18-9-3-4-10(12(7-9)19-2)11-5-6-13(15-8-14)17-16-11/h3-7H,1-2H3,(H,15,17). The summed E-state index contributed by atoms with van der Waals surface area (Å²) in [5, 5.41) is 18.8. The lowest BCUT2D eigenvalue weighted by Gasteiger charge is -2.09. The fourth-order valence-corrected chi connectivity index (χ4v) is 1.61. The number of nitrogens with one attached hydrogen (secondary N) is 1. The number of anilines is 1. The van der Waals surface area contributed by atoms with E-state index in [0.717, 1.165) is 5.56 Å². The molecule has 6 heteroatoms. The van der Waals surface area contributed by atoms with E-state index in [1.165, 1.54) is 0 Å². The van der Waals surface area contributed by atoms with Gasteiger partial charge in [0.25, 0.3) is 0 Å². The minimum Gasteiger partial charge on any atom is -0.497 e. The normalized spacial score (nSPS) is 9.53. The van der Waals surface area contributed by atoms with Crippen molar-refractivity contribution in [3.63, 3.8) is 0 Å². The lowest BCUT2D eigenvalue weighted by molar-refractivity contribution is 0.395. The Balaban J connectivity index is 2.38. The highest BCUT2D eigenvalue weighted by atomic mass is 16.5. The van der Waals surface area contributed by atoms with Crippen LogP contribution in [0.25, 0.3) is 11.3 Å². The molecule has 0 aliphatic carbocycles. The van der Waals surface area contributed by atoms with Gasteiger partial charge in [-0.1, -0.05) is 0 Å². The molecule has 1 aromatic heterocycles. The van der Waals surface area contributed by atoms with E-state index < -0.39 is 0 Å². The molecule has 2 aromatic rings. The summed E-state index contributed by atoms with van der Waals surface area (Å²) in [6.45, 7) is 0. The Bertz CT molecular complexity index is 605. The summed E-state index contributed by atoms with van der Waals surface area (Å²) in [5.41, 5.74) is 1.46. The second-order valence-electron chi connectivity index (χ2n) is 3.61. The lowest BCUT2D eigenvalue weighted by Crippen LogP contribution is -1.96. The fourth-order valence-electron chi connectivity index (χ4n) is 1.61. The molecule has 0 unspecified atom stereocenters. The highest BCUT2D eigenvalue weighted by molar-refractivity contribution is 5.68. The number of nitriles is 1. The van der Waals surface area contributed by atoms with Gasteiger partial charge < -0.3 is 9.47 Å². The zero-order chi connectivity index (χ0) is 13.7. The smallest absolute Gasteiger partial charge is 0.182 e. The quantitative estimate of drug-likeness (QED) is 0.666. The van der Waals surface area contributed by atoms with E-state index >= 15 is 0 Å². The van der Waals surface area contributed by atoms with Crippen LogP contribution in [0, 0.1) is 11.5 Å². The number of hydrogen-bond acceptors (Lipinski definition) is 6. The molecule has 0 atom stereocenters. The summed E-state index contributed by atoms with van der Waals surface area (Å²) in [5.74, 6) is 1.75. The Morgan fingerprint density at radius 1 is 1.11 bits per heavy atom. The largest absolute Gasteiger partial charge is 0.497 e. The summed E-state index contributed by atoms with van der Waals surface area (Å²) >= 11 is 0. The molecule has 6 nitrogen and oxygen atoms in total. The van der Waals surface area contributed by atoms with Crippen molar-refractivity contribution in [2.24, 2.45) is 0 Å². The highest BCUT2D eigenvalue weighted by Gasteiger charge is 2.09. The average Bonchev–Trinajstić information content (AvgIpc) is 2.48. The summed E-state index contributed by atoms with van der Waals surface area (Å²) in [6.07, 6.45) is 1.79. The Morgan fingerprint density at radius 2 is 1.95 bits per heavy atom. The van der Waals surface area contributed by atoms with Crippen LogP contribution in [-0.2, 0) is 0 Å². The first-order valence-corrected chi connectivity index (χ1v) is 5.49. The zero-order valence-electron chi connectivity index (χ0n) is 10.5. The van der Waals surface area contributed by atoms with E-state index in [0.29, 0.717) is 23.0 Å². The number of hydrogen-bond donors (Lipinski definition) is 1. The molecule has 0 spiro atoms. The van der Waals surface area contributed by atoms with Crippen LogP contribution in [0.15, 0.2) is 30.3 Å². The average molecular weight is 256 g/mol. The lowest BCUT2D eigenvalue weighted by atomic mass is 10.1. The third-order valence-corrected chi connectivity index (χ3v) is 2.53. The predicted molar refractivity (Wildman–Crippen MR) is 69.8 cm³/mol. The summed E-state index contributed by atoms with van der Waals surface area (Å²) in [4.78, 5) is 0. The van der Waals surface area contributed by atoms with Crippen LogP contribution in [0.2, 0.25) is 0 Å². The minimum absolute atomic E-state index is 0.402. The number of benzene rings is 1. The molecule has 0 saturated heterocycles. The maximum atomic E-state index is 8.48. The molecule has 96 valence electrons. The molecule has 2 rings (SSSR count). The molecule has 0 fully saturated rings. The van der Waals surface area contributed by atoms with Gasteiger partial charge in [0.05, 0.1) is 19.9 Å². The zero-order valence-corrected chi connectivity index (χ0v) is 10.5. The third kappa shape index (κ3) is 2.72. The van der Waals surface area contributed by atoms with Gasteiger partial charge in [-0.05, 0) is 24.3 Å². The predicted octanol–water partition coefficient (Wildman–Crippen LogP) is 2.05. The van der Waals surface area contributed by atoms with Crippen LogP contribution < -0.4 is 14.8 Å². The van der Waals surface area contributed by atoms with Gasteiger partial charge in [0.2, 0.25) is 0 Å². The fraction of sp³-hybridized carbons (Fsp3) is 0.154. The first kappa shape index (κ1) is 12.6.